The molecule has 0 aliphatic heterocycles. The number of carbonyl (C=O) groups excluding carboxylic acids is 1. The Labute approximate surface area is 102 Å². The van der Waals surface area contributed by atoms with Gasteiger partial charge in [0.15, 0.2) is 0 Å². The number of methoxy groups -OCH3 is 1. The molecule has 0 radical (unpaired) electrons. The smallest absolute Gasteiger partial charge is 0.413 e. The molecule has 15 heavy (non-hydrogen) atoms. The van der Waals surface area contributed by atoms with Crippen molar-refractivity contribution in [3.05, 3.63) is 27.2 Å². The molecule has 0 unspecified atom stereocenters. The number of ether oxygens (including phenoxy) is 1. The minimum atomic E-state index is -0.510. The fourth-order valence-electron chi connectivity index (χ4n) is 0.978. The van der Waals surface area contributed by atoms with Crippen molar-refractivity contribution in [2.24, 2.45) is 0 Å². The van der Waals surface area contributed by atoms with Crippen LogP contribution in [0.15, 0.2) is 12.1 Å². The molecular weight excluding hydrogens is 260 g/mol. The summed E-state index contributed by atoms with van der Waals surface area (Å²) in [6.07, 6.45) is -0.510. The zero-order chi connectivity index (χ0) is 11.6. The quantitative estimate of drug-likeness (QED) is 0.724. The van der Waals surface area contributed by atoms with E-state index in [1.54, 1.807) is 7.05 Å². The van der Waals surface area contributed by atoms with E-state index in [1.807, 2.05) is 0 Å². The van der Waals surface area contributed by atoms with Crippen LogP contribution >= 0.6 is 34.8 Å². The third-order valence-corrected chi connectivity index (χ3v) is 3.00. The summed E-state index contributed by atoms with van der Waals surface area (Å²) in [4.78, 5) is 12.5. The van der Waals surface area contributed by atoms with Crippen molar-refractivity contribution in [3.8, 4) is 0 Å². The highest BCUT2D eigenvalue weighted by Crippen LogP contribution is 2.34. The number of hydrogen-bond donors (Lipinski definition) is 0. The Kier molecular flexibility index (Phi) is 4.08. The normalized spacial score (nSPS) is 9.93. The molecule has 0 spiro atoms. The minimum absolute atomic E-state index is 0.264. The highest BCUT2D eigenvalue weighted by molar-refractivity contribution is 6.48. The first-order chi connectivity index (χ1) is 6.97. The van der Waals surface area contributed by atoms with E-state index in [0.29, 0.717) is 5.69 Å². The number of halogens is 3. The van der Waals surface area contributed by atoms with Crippen LogP contribution in [-0.2, 0) is 4.74 Å². The zero-order valence-electron chi connectivity index (χ0n) is 8.05. The lowest BCUT2D eigenvalue weighted by Crippen LogP contribution is -2.25. The lowest BCUT2D eigenvalue weighted by atomic mass is 10.3. The van der Waals surface area contributed by atoms with E-state index in [2.05, 4.69) is 4.74 Å². The highest BCUT2D eigenvalue weighted by atomic mass is 35.5. The number of carbonyl (C=O) groups is 1. The molecule has 0 heterocycles. The summed E-state index contributed by atoms with van der Waals surface area (Å²) in [5.41, 5.74) is 0.515. The van der Waals surface area contributed by atoms with Gasteiger partial charge in [0.25, 0.3) is 0 Å². The first-order valence-electron chi connectivity index (χ1n) is 3.93. The lowest BCUT2D eigenvalue weighted by molar-refractivity contribution is 0.180. The summed E-state index contributed by atoms with van der Waals surface area (Å²) in [5, 5.41) is 0.838. The third kappa shape index (κ3) is 2.68. The van der Waals surface area contributed by atoms with Gasteiger partial charge in [0.05, 0.1) is 22.2 Å². The average Bonchev–Trinajstić information content (AvgIpc) is 2.23. The second-order valence-corrected chi connectivity index (χ2v) is 3.94. The Bertz CT molecular complexity index is 372. The van der Waals surface area contributed by atoms with Gasteiger partial charge in [-0.1, -0.05) is 34.8 Å². The summed E-state index contributed by atoms with van der Waals surface area (Å²) in [6.45, 7) is 0. The average molecular weight is 269 g/mol. The van der Waals surface area contributed by atoms with Gasteiger partial charge in [-0.2, -0.15) is 0 Å². The fourth-order valence-corrected chi connectivity index (χ4v) is 1.56. The van der Waals surface area contributed by atoms with Crippen LogP contribution in [0.2, 0.25) is 15.1 Å². The zero-order valence-corrected chi connectivity index (χ0v) is 10.3. The van der Waals surface area contributed by atoms with Gasteiger partial charge in [-0.05, 0) is 12.1 Å². The van der Waals surface area contributed by atoms with Gasteiger partial charge in [-0.25, -0.2) is 4.79 Å². The van der Waals surface area contributed by atoms with E-state index in [9.17, 15) is 4.79 Å². The number of benzene rings is 1. The largest absolute Gasteiger partial charge is 0.452 e. The number of anilines is 1. The Morgan fingerprint density at radius 3 is 2.13 bits per heavy atom. The molecular formula is C9H8Cl3NO2. The second-order valence-electron chi connectivity index (χ2n) is 2.75. The van der Waals surface area contributed by atoms with Crippen molar-refractivity contribution in [2.75, 3.05) is 19.1 Å². The van der Waals surface area contributed by atoms with Gasteiger partial charge < -0.3 is 4.74 Å². The van der Waals surface area contributed by atoms with Crippen LogP contribution in [0.1, 0.15) is 0 Å². The van der Waals surface area contributed by atoms with E-state index in [4.69, 9.17) is 34.8 Å². The predicted molar refractivity (Wildman–Crippen MR) is 62.3 cm³/mol. The Hall–Kier alpha value is -0.640. The molecule has 0 fully saturated rings. The van der Waals surface area contributed by atoms with Gasteiger partial charge in [0.2, 0.25) is 0 Å². The Morgan fingerprint density at radius 1 is 1.27 bits per heavy atom. The summed E-state index contributed by atoms with van der Waals surface area (Å²) in [7, 11) is 2.83. The van der Waals surface area contributed by atoms with Crippen LogP contribution in [-0.4, -0.2) is 20.3 Å². The summed E-state index contributed by atoms with van der Waals surface area (Å²) in [5.74, 6) is 0. The number of nitrogens with zero attached hydrogens (tertiary/aromatic N) is 1. The van der Waals surface area contributed by atoms with Crippen LogP contribution in [0.5, 0.6) is 0 Å². The van der Waals surface area contributed by atoms with E-state index in [0.717, 1.165) is 0 Å². The minimum Gasteiger partial charge on any atom is -0.452 e. The maximum Gasteiger partial charge on any atom is 0.413 e. The lowest BCUT2D eigenvalue weighted by Gasteiger charge is -2.16. The third-order valence-electron chi connectivity index (χ3n) is 1.80. The van der Waals surface area contributed by atoms with E-state index < -0.39 is 6.09 Å². The monoisotopic (exact) mass is 267 g/mol. The summed E-state index contributed by atoms with van der Waals surface area (Å²) in [6, 6.07) is 3.07. The topological polar surface area (TPSA) is 29.5 Å². The molecule has 1 aromatic carbocycles. The number of amides is 1. The molecule has 0 saturated heterocycles. The van der Waals surface area contributed by atoms with Crippen molar-refractivity contribution in [3.63, 3.8) is 0 Å². The van der Waals surface area contributed by atoms with E-state index in [-0.39, 0.29) is 15.1 Å². The van der Waals surface area contributed by atoms with E-state index >= 15 is 0 Å². The van der Waals surface area contributed by atoms with Crippen molar-refractivity contribution in [1.29, 1.82) is 0 Å². The molecule has 0 atom stereocenters. The Morgan fingerprint density at radius 2 is 1.73 bits per heavy atom. The molecule has 1 amide bonds. The van der Waals surface area contributed by atoms with E-state index in [1.165, 1.54) is 24.1 Å². The van der Waals surface area contributed by atoms with Crippen molar-refractivity contribution in [1.82, 2.24) is 0 Å². The molecule has 0 bridgehead atoms. The van der Waals surface area contributed by atoms with Crippen molar-refractivity contribution < 1.29 is 9.53 Å². The summed E-state index contributed by atoms with van der Waals surface area (Å²) >= 11 is 17.4. The second kappa shape index (κ2) is 4.92. The van der Waals surface area contributed by atoms with Crippen LogP contribution in [0, 0.1) is 0 Å². The molecule has 0 saturated carbocycles. The Balaban J connectivity index is 3.11. The van der Waals surface area contributed by atoms with Gasteiger partial charge >= 0.3 is 6.09 Å². The molecule has 0 aliphatic carbocycles. The fraction of sp³-hybridized carbons (Fsp3) is 0.222. The molecule has 3 nitrogen and oxygen atoms in total. The van der Waals surface area contributed by atoms with Gasteiger partial charge in [0.1, 0.15) is 0 Å². The van der Waals surface area contributed by atoms with Crippen molar-refractivity contribution >= 4 is 46.6 Å². The van der Waals surface area contributed by atoms with Gasteiger partial charge in [0, 0.05) is 12.7 Å². The number of rotatable bonds is 1. The van der Waals surface area contributed by atoms with Crippen LogP contribution in [0.4, 0.5) is 10.5 Å². The molecule has 1 aromatic rings. The molecule has 0 aromatic heterocycles. The van der Waals surface area contributed by atoms with Crippen LogP contribution in [0.25, 0.3) is 0 Å². The molecule has 0 N–H and O–H groups in total. The molecule has 1 rings (SSSR count). The van der Waals surface area contributed by atoms with Gasteiger partial charge in [-0.3, -0.25) is 4.90 Å². The first-order valence-corrected chi connectivity index (χ1v) is 5.07. The highest BCUT2D eigenvalue weighted by Gasteiger charge is 2.14. The van der Waals surface area contributed by atoms with Crippen molar-refractivity contribution in [2.45, 2.75) is 0 Å². The first kappa shape index (κ1) is 12.4. The van der Waals surface area contributed by atoms with Crippen LogP contribution in [0.3, 0.4) is 0 Å². The standard InChI is InChI=1S/C9H8Cl3NO2/c1-13(9(14)15-2)5-3-6(10)8(12)7(11)4-5/h3-4H,1-2H3. The molecule has 0 aliphatic rings. The summed E-state index contributed by atoms with van der Waals surface area (Å²) < 4.78 is 4.54. The van der Waals surface area contributed by atoms with Gasteiger partial charge in [-0.15, -0.1) is 0 Å². The molecule has 82 valence electrons. The maximum absolute atomic E-state index is 11.2. The molecule has 6 heteroatoms. The maximum atomic E-state index is 11.2. The SMILES string of the molecule is COC(=O)N(C)c1cc(Cl)c(Cl)c(Cl)c1. The predicted octanol–water partition coefficient (Wildman–Crippen LogP) is 3.85. The number of hydrogen-bond acceptors (Lipinski definition) is 2. The van der Waals surface area contributed by atoms with Crippen LogP contribution < -0.4 is 4.90 Å².